The molecule has 2 N–H and O–H groups in total. The summed E-state index contributed by atoms with van der Waals surface area (Å²) in [5.74, 6) is 0.0961. The number of amides is 1. The fraction of sp³-hybridized carbons (Fsp3) is 0.118. The molecular formula is C17H16N4O3. The number of fused-ring (bicyclic) bond motifs is 1. The summed E-state index contributed by atoms with van der Waals surface area (Å²) in [7, 11) is 3.27. The molecule has 3 aromatic rings. The molecule has 7 nitrogen and oxygen atoms in total. The zero-order valence-electron chi connectivity index (χ0n) is 13.2. The summed E-state index contributed by atoms with van der Waals surface area (Å²) < 4.78 is 6.62. The van der Waals surface area contributed by atoms with Crippen LogP contribution in [0.4, 0.5) is 5.69 Å². The first-order valence-electron chi connectivity index (χ1n) is 7.23. The molecule has 7 heteroatoms. The van der Waals surface area contributed by atoms with Crippen molar-refractivity contribution in [2.24, 2.45) is 7.05 Å². The number of carbonyl (C=O) groups excluding carboxylic acids is 1. The smallest absolute Gasteiger partial charge is 0.248 e. The summed E-state index contributed by atoms with van der Waals surface area (Å²) >= 11 is 0. The van der Waals surface area contributed by atoms with E-state index in [-0.39, 0.29) is 11.7 Å². The van der Waals surface area contributed by atoms with E-state index in [0.29, 0.717) is 22.5 Å². The van der Waals surface area contributed by atoms with Gasteiger partial charge in [-0.15, -0.1) is 5.10 Å². The molecule has 122 valence electrons. The molecule has 0 radical (unpaired) electrons. The molecule has 0 aliphatic carbocycles. The number of rotatable bonds is 4. The third-order valence-corrected chi connectivity index (χ3v) is 3.53. The number of aromatic nitrogens is 3. The lowest BCUT2D eigenvalue weighted by Crippen LogP contribution is -2.08. The number of aryl methyl sites for hydroxylation is 1. The Morgan fingerprint density at radius 2 is 2.17 bits per heavy atom. The molecule has 0 spiro atoms. The van der Waals surface area contributed by atoms with E-state index in [0.717, 1.165) is 5.52 Å². The van der Waals surface area contributed by atoms with E-state index < -0.39 is 0 Å². The Morgan fingerprint density at radius 1 is 1.33 bits per heavy atom. The minimum absolute atomic E-state index is 0.0179. The first-order valence-corrected chi connectivity index (χ1v) is 7.23. The van der Waals surface area contributed by atoms with Crippen LogP contribution in [-0.4, -0.2) is 33.1 Å². The van der Waals surface area contributed by atoms with E-state index in [2.05, 4.69) is 15.6 Å². The average molecular weight is 324 g/mol. The predicted molar refractivity (Wildman–Crippen MR) is 90.8 cm³/mol. The van der Waals surface area contributed by atoms with E-state index in [1.54, 1.807) is 36.0 Å². The highest BCUT2D eigenvalue weighted by molar-refractivity contribution is 6.06. The van der Waals surface area contributed by atoms with Crippen LogP contribution in [0, 0.1) is 0 Å². The number of hydrogen-bond donors (Lipinski definition) is 2. The Hall–Kier alpha value is -3.35. The molecule has 0 saturated heterocycles. The number of phenols is 1. The Kier molecular flexibility index (Phi) is 4.15. The molecule has 0 saturated carbocycles. The van der Waals surface area contributed by atoms with Crippen LogP contribution in [0.1, 0.15) is 5.56 Å². The van der Waals surface area contributed by atoms with Gasteiger partial charge in [0.2, 0.25) is 5.91 Å². The van der Waals surface area contributed by atoms with Crippen LogP contribution in [0.5, 0.6) is 11.5 Å². The molecule has 24 heavy (non-hydrogen) atoms. The highest BCUT2D eigenvalue weighted by Gasteiger charge is 2.08. The van der Waals surface area contributed by atoms with Crippen LogP contribution in [0.3, 0.4) is 0 Å². The normalized spacial score (nSPS) is 11.1. The van der Waals surface area contributed by atoms with Crippen molar-refractivity contribution in [2.75, 3.05) is 12.4 Å². The second-order valence-corrected chi connectivity index (χ2v) is 5.14. The van der Waals surface area contributed by atoms with Crippen LogP contribution in [0.25, 0.3) is 17.1 Å². The maximum absolute atomic E-state index is 12.1. The molecule has 2 aromatic carbocycles. The Labute approximate surface area is 138 Å². The molecular weight excluding hydrogens is 308 g/mol. The van der Waals surface area contributed by atoms with Gasteiger partial charge in [-0.1, -0.05) is 17.3 Å². The molecule has 0 aliphatic heterocycles. The van der Waals surface area contributed by atoms with Gasteiger partial charge in [0, 0.05) is 13.1 Å². The lowest BCUT2D eigenvalue weighted by atomic mass is 10.2. The number of nitrogens with zero attached hydrogens (tertiary/aromatic N) is 3. The maximum atomic E-state index is 12.1. The lowest BCUT2D eigenvalue weighted by Gasteiger charge is -2.04. The van der Waals surface area contributed by atoms with Gasteiger partial charge >= 0.3 is 0 Å². The van der Waals surface area contributed by atoms with Gasteiger partial charge in [-0.2, -0.15) is 0 Å². The van der Waals surface area contributed by atoms with Crippen molar-refractivity contribution < 1.29 is 14.6 Å². The van der Waals surface area contributed by atoms with E-state index in [1.807, 2.05) is 12.1 Å². The highest BCUT2D eigenvalue weighted by atomic mass is 16.5. The third-order valence-electron chi connectivity index (χ3n) is 3.53. The van der Waals surface area contributed by atoms with Crippen molar-refractivity contribution in [3.63, 3.8) is 0 Å². The Balaban J connectivity index is 1.76. The summed E-state index contributed by atoms with van der Waals surface area (Å²) in [6.07, 6.45) is 2.99. The summed E-state index contributed by atoms with van der Waals surface area (Å²) in [4.78, 5) is 12.1. The quantitative estimate of drug-likeness (QED) is 0.719. The lowest BCUT2D eigenvalue weighted by molar-refractivity contribution is -0.111. The number of aromatic hydroxyl groups is 1. The number of benzene rings is 2. The van der Waals surface area contributed by atoms with Gasteiger partial charge < -0.3 is 15.2 Å². The van der Waals surface area contributed by atoms with Gasteiger partial charge in [-0.05, 0) is 35.9 Å². The Bertz CT molecular complexity index is 931. The summed E-state index contributed by atoms with van der Waals surface area (Å²) in [6.45, 7) is 0. The number of hydrogen-bond acceptors (Lipinski definition) is 5. The molecule has 0 fully saturated rings. The van der Waals surface area contributed by atoms with Crippen LogP contribution in [-0.2, 0) is 11.8 Å². The van der Waals surface area contributed by atoms with E-state index in [1.165, 1.54) is 19.3 Å². The minimum Gasteiger partial charge on any atom is -0.504 e. The molecule has 1 amide bonds. The molecule has 0 atom stereocenters. The van der Waals surface area contributed by atoms with Crippen LogP contribution < -0.4 is 10.1 Å². The second-order valence-electron chi connectivity index (χ2n) is 5.14. The standard InChI is InChI=1S/C17H16N4O3/c1-21-13-5-3-4-12(17(13)19-20-21)18-16(23)9-7-11-6-8-15(24-2)14(22)10-11/h3-10,22H,1-2H3,(H,18,23)/b9-7+. The SMILES string of the molecule is COc1ccc(/C=C/C(=O)Nc2cccc3c2nnn3C)cc1O. The topological polar surface area (TPSA) is 89.3 Å². The first-order chi connectivity index (χ1) is 11.6. The zero-order valence-corrected chi connectivity index (χ0v) is 13.2. The molecule has 1 heterocycles. The van der Waals surface area contributed by atoms with Gasteiger partial charge in [0.25, 0.3) is 0 Å². The minimum atomic E-state index is -0.302. The van der Waals surface area contributed by atoms with Gasteiger partial charge in [-0.25, -0.2) is 4.68 Å². The second kappa shape index (κ2) is 6.41. The number of nitrogens with one attached hydrogen (secondary N) is 1. The highest BCUT2D eigenvalue weighted by Crippen LogP contribution is 2.26. The molecule has 0 bridgehead atoms. The Morgan fingerprint density at radius 3 is 2.92 bits per heavy atom. The van der Waals surface area contributed by atoms with Crippen molar-refractivity contribution in [1.29, 1.82) is 0 Å². The number of methoxy groups -OCH3 is 1. The summed E-state index contributed by atoms with van der Waals surface area (Å²) in [5.41, 5.74) is 2.73. The molecule has 3 rings (SSSR count). The van der Waals surface area contributed by atoms with Crippen molar-refractivity contribution >= 4 is 28.7 Å². The number of carbonyl (C=O) groups is 1. The van der Waals surface area contributed by atoms with E-state index in [9.17, 15) is 9.90 Å². The number of anilines is 1. The molecule has 1 aromatic heterocycles. The molecule has 0 aliphatic rings. The zero-order chi connectivity index (χ0) is 17.1. The fourth-order valence-electron chi connectivity index (χ4n) is 2.32. The van der Waals surface area contributed by atoms with Gasteiger partial charge in [-0.3, -0.25) is 4.79 Å². The van der Waals surface area contributed by atoms with Gasteiger partial charge in [0.1, 0.15) is 5.52 Å². The number of ether oxygens (including phenoxy) is 1. The fourth-order valence-corrected chi connectivity index (χ4v) is 2.32. The van der Waals surface area contributed by atoms with Crippen LogP contribution >= 0.6 is 0 Å². The predicted octanol–water partition coefficient (Wildman–Crippen LogP) is 2.33. The third kappa shape index (κ3) is 3.05. The summed E-state index contributed by atoms with van der Waals surface area (Å²) in [6, 6.07) is 10.4. The van der Waals surface area contributed by atoms with Crippen molar-refractivity contribution in [1.82, 2.24) is 15.0 Å². The average Bonchev–Trinajstić information content (AvgIpc) is 2.96. The van der Waals surface area contributed by atoms with Gasteiger partial charge in [0.05, 0.1) is 18.3 Å². The van der Waals surface area contributed by atoms with E-state index >= 15 is 0 Å². The van der Waals surface area contributed by atoms with Crippen LogP contribution in [0.15, 0.2) is 42.5 Å². The van der Waals surface area contributed by atoms with Crippen LogP contribution in [0.2, 0.25) is 0 Å². The first kappa shape index (κ1) is 15.5. The maximum Gasteiger partial charge on any atom is 0.248 e. The largest absolute Gasteiger partial charge is 0.504 e. The monoisotopic (exact) mass is 324 g/mol. The van der Waals surface area contributed by atoms with E-state index in [4.69, 9.17) is 4.74 Å². The van der Waals surface area contributed by atoms with Crippen molar-refractivity contribution in [2.45, 2.75) is 0 Å². The number of phenolic OH excluding ortho intramolecular Hbond substituents is 1. The van der Waals surface area contributed by atoms with Gasteiger partial charge in [0.15, 0.2) is 11.5 Å². The van der Waals surface area contributed by atoms with Crippen molar-refractivity contribution in [3.05, 3.63) is 48.0 Å². The molecule has 0 unspecified atom stereocenters. The summed E-state index contributed by atoms with van der Waals surface area (Å²) in [5, 5.41) is 20.5. The van der Waals surface area contributed by atoms with Crippen molar-refractivity contribution in [3.8, 4) is 11.5 Å².